The number of piperidine rings is 1. The Morgan fingerprint density at radius 1 is 1.05 bits per heavy atom. The van der Waals surface area contributed by atoms with Crippen LogP contribution in [0.25, 0.3) is 11.6 Å². The summed E-state index contributed by atoms with van der Waals surface area (Å²) in [7, 11) is 1.62. The van der Waals surface area contributed by atoms with Crippen molar-refractivity contribution in [3.63, 3.8) is 0 Å². The van der Waals surface area contributed by atoms with Crippen molar-refractivity contribution < 1.29 is 27.1 Å². The minimum atomic E-state index is -4.58. The summed E-state index contributed by atoms with van der Waals surface area (Å²) < 4.78 is 52.0. The first-order valence-electron chi connectivity index (χ1n) is 13.3. The minimum absolute atomic E-state index is 0.0286. The number of alkyl halides is 3. The number of benzodiazepines with no additional fused rings is 1. The van der Waals surface area contributed by atoms with Crippen LogP contribution in [0.5, 0.6) is 0 Å². The second-order valence-electron chi connectivity index (χ2n) is 9.85. The number of hydrogen-bond acceptors (Lipinski definition) is 9. The van der Waals surface area contributed by atoms with E-state index in [0.717, 1.165) is 23.4 Å². The molecule has 1 saturated heterocycles. The van der Waals surface area contributed by atoms with Crippen LogP contribution in [-0.2, 0) is 15.7 Å². The fourth-order valence-electron chi connectivity index (χ4n) is 5.02. The maximum Gasteiger partial charge on any atom is 0.417 e. The standard InChI is InChI=1S/C29H26F3N7O3/c1-41-19-11-13-39(14-12-19)22-15-18(29(30,31)32)16-33-24(22)27-37-38-28(42-27)36-25-26(40)34-21-10-6-5-9-20(21)23(35-25)17-7-3-2-4-8-17/h2-10,15-16,19,25H,11-14H2,1H3,(H,34,40)(H,36,38)/t25-/m1/s1. The topological polar surface area (TPSA) is 118 Å². The summed E-state index contributed by atoms with van der Waals surface area (Å²) in [6, 6.07) is 17.6. The molecule has 13 heteroatoms. The number of hydrogen-bond donors (Lipinski definition) is 2. The van der Waals surface area contributed by atoms with Gasteiger partial charge in [-0.25, -0.2) is 9.98 Å². The van der Waals surface area contributed by atoms with Crippen LogP contribution in [0.3, 0.4) is 0 Å². The number of pyridine rings is 1. The Bertz CT molecular complexity index is 1620. The van der Waals surface area contributed by atoms with E-state index >= 15 is 0 Å². The number of rotatable bonds is 6. The van der Waals surface area contributed by atoms with E-state index in [9.17, 15) is 18.0 Å². The van der Waals surface area contributed by atoms with Crippen LogP contribution >= 0.6 is 0 Å². The number of ether oxygens (including phenoxy) is 1. The molecule has 1 atom stereocenters. The van der Waals surface area contributed by atoms with Crippen LogP contribution in [0.1, 0.15) is 29.5 Å². The molecule has 216 valence electrons. The van der Waals surface area contributed by atoms with Gasteiger partial charge in [0.15, 0.2) is 5.69 Å². The number of aliphatic imine (C=N–C) groups is 1. The number of methoxy groups -OCH3 is 1. The largest absolute Gasteiger partial charge is 0.417 e. The van der Waals surface area contributed by atoms with E-state index in [1.807, 2.05) is 48.5 Å². The number of carbonyl (C=O) groups is 1. The Morgan fingerprint density at radius 3 is 2.52 bits per heavy atom. The molecule has 42 heavy (non-hydrogen) atoms. The minimum Gasteiger partial charge on any atom is -0.402 e. The van der Waals surface area contributed by atoms with Gasteiger partial charge in [-0.15, -0.1) is 5.10 Å². The molecule has 2 aliphatic heterocycles. The molecule has 1 amide bonds. The normalized spacial score (nSPS) is 17.7. The molecule has 0 saturated carbocycles. The van der Waals surface area contributed by atoms with Crippen molar-refractivity contribution in [3.8, 4) is 11.6 Å². The number of anilines is 3. The zero-order valence-corrected chi connectivity index (χ0v) is 22.4. The van der Waals surface area contributed by atoms with Gasteiger partial charge >= 0.3 is 12.2 Å². The van der Waals surface area contributed by atoms with Crippen LogP contribution in [-0.4, -0.2) is 59.3 Å². The average Bonchev–Trinajstić information content (AvgIpc) is 3.42. The lowest BCUT2D eigenvalue weighted by atomic mass is 10.0. The van der Waals surface area contributed by atoms with Gasteiger partial charge in [0.05, 0.1) is 28.8 Å². The van der Waals surface area contributed by atoms with Gasteiger partial charge in [0, 0.05) is 37.5 Å². The summed E-state index contributed by atoms with van der Waals surface area (Å²) in [6.07, 6.45) is -3.67. The Balaban J connectivity index is 1.32. The van der Waals surface area contributed by atoms with Crippen LogP contribution in [0.4, 0.5) is 30.6 Å². The molecule has 0 unspecified atom stereocenters. The summed E-state index contributed by atoms with van der Waals surface area (Å²) >= 11 is 0. The van der Waals surface area contributed by atoms with Gasteiger partial charge in [-0.05, 0) is 25.0 Å². The SMILES string of the molecule is COC1CCN(c2cc(C(F)(F)F)cnc2-c2nnc(N[C@H]3N=C(c4ccccc4)c4ccccc4NC3=O)o2)CC1. The van der Waals surface area contributed by atoms with Crippen LogP contribution in [0.15, 0.2) is 76.3 Å². The zero-order valence-electron chi connectivity index (χ0n) is 22.4. The predicted octanol–water partition coefficient (Wildman–Crippen LogP) is 4.99. The zero-order chi connectivity index (χ0) is 29.3. The van der Waals surface area contributed by atoms with E-state index in [2.05, 4.69) is 25.8 Å². The number of fused-ring (bicyclic) bond motifs is 1. The molecule has 2 aromatic carbocycles. The van der Waals surface area contributed by atoms with Crippen molar-refractivity contribution in [1.82, 2.24) is 15.2 Å². The Morgan fingerprint density at radius 2 is 1.79 bits per heavy atom. The molecule has 4 heterocycles. The molecular weight excluding hydrogens is 551 g/mol. The van der Waals surface area contributed by atoms with Gasteiger partial charge in [-0.3, -0.25) is 4.79 Å². The molecule has 10 nitrogen and oxygen atoms in total. The first-order valence-corrected chi connectivity index (χ1v) is 13.3. The van der Waals surface area contributed by atoms with Gasteiger partial charge in [-0.1, -0.05) is 53.6 Å². The van der Waals surface area contributed by atoms with Gasteiger partial charge < -0.3 is 24.7 Å². The first-order chi connectivity index (χ1) is 20.3. The van der Waals surface area contributed by atoms with Crippen molar-refractivity contribution in [2.24, 2.45) is 4.99 Å². The fourth-order valence-corrected chi connectivity index (χ4v) is 5.02. The lowest BCUT2D eigenvalue weighted by Crippen LogP contribution is -2.37. The second-order valence-corrected chi connectivity index (χ2v) is 9.85. The number of carbonyl (C=O) groups excluding carboxylic acids is 1. The highest BCUT2D eigenvalue weighted by molar-refractivity contribution is 6.19. The molecule has 2 aromatic heterocycles. The number of nitrogens with zero attached hydrogens (tertiary/aromatic N) is 5. The molecule has 2 aliphatic rings. The van der Waals surface area contributed by atoms with Crippen molar-refractivity contribution in [3.05, 3.63) is 83.6 Å². The summed E-state index contributed by atoms with van der Waals surface area (Å²) in [5.41, 5.74) is 2.15. The Labute approximate surface area is 238 Å². The van der Waals surface area contributed by atoms with Gasteiger partial charge in [0.2, 0.25) is 6.17 Å². The summed E-state index contributed by atoms with van der Waals surface area (Å²) in [5.74, 6) is -0.554. The van der Waals surface area contributed by atoms with Crippen molar-refractivity contribution in [2.75, 3.05) is 35.7 Å². The number of halogens is 3. The number of nitrogens with one attached hydrogen (secondary N) is 2. The summed E-state index contributed by atoms with van der Waals surface area (Å²) in [4.78, 5) is 23.7. The average molecular weight is 578 g/mol. The predicted molar refractivity (Wildman–Crippen MR) is 149 cm³/mol. The fraction of sp³-hybridized carbons (Fsp3) is 0.276. The molecule has 6 rings (SSSR count). The lowest BCUT2D eigenvalue weighted by Gasteiger charge is -2.33. The third kappa shape index (κ3) is 5.55. The van der Waals surface area contributed by atoms with Crippen molar-refractivity contribution in [1.29, 1.82) is 0 Å². The van der Waals surface area contributed by atoms with E-state index < -0.39 is 23.8 Å². The van der Waals surface area contributed by atoms with E-state index in [1.54, 1.807) is 18.1 Å². The van der Waals surface area contributed by atoms with E-state index in [-0.39, 0.29) is 29.4 Å². The highest BCUT2D eigenvalue weighted by Gasteiger charge is 2.34. The molecular formula is C29H26F3N7O3. The highest BCUT2D eigenvalue weighted by Crippen LogP contribution is 2.37. The molecule has 2 N–H and O–H groups in total. The van der Waals surface area contributed by atoms with E-state index in [4.69, 9.17) is 14.1 Å². The third-order valence-electron chi connectivity index (χ3n) is 7.19. The third-order valence-corrected chi connectivity index (χ3v) is 7.19. The Kier molecular flexibility index (Phi) is 7.33. The maximum atomic E-state index is 13.6. The molecule has 0 spiro atoms. The van der Waals surface area contributed by atoms with Gasteiger partial charge in [0.1, 0.15) is 0 Å². The first kappa shape index (κ1) is 27.4. The molecule has 0 bridgehead atoms. The van der Waals surface area contributed by atoms with Gasteiger partial charge in [-0.2, -0.15) is 13.2 Å². The molecule has 1 fully saturated rings. The van der Waals surface area contributed by atoms with Crippen molar-refractivity contribution in [2.45, 2.75) is 31.3 Å². The van der Waals surface area contributed by atoms with Crippen molar-refractivity contribution >= 4 is 29.0 Å². The van der Waals surface area contributed by atoms with E-state index in [0.29, 0.717) is 37.3 Å². The monoisotopic (exact) mass is 577 g/mol. The number of aromatic nitrogens is 3. The van der Waals surface area contributed by atoms with Crippen LogP contribution in [0.2, 0.25) is 0 Å². The maximum absolute atomic E-state index is 13.6. The van der Waals surface area contributed by atoms with E-state index in [1.165, 1.54) is 0 Å². The smallest absolute Gasteiger partial charge is 0.402 e. The van der Waals surface area contributed by atoms with Crippen LogP contribution in [0, 0.1) is 0 Å². The lowest BCUT2D eigenvalue weighted by molar-refractivity contribution is -0.137. The Hall–Kier alpha value is -4.78. The second kappa shape index (κ2) is 11.2. The van der Waals surface area contributed by atoms with Crippen LogP contribution < -0.4 is 15.5 Å². The summed E-state index contributed by atoms with van der Waals surface area (Å²) in [6.45, 7) is 0.932. The number of para-hydroxylation sites is 1. The molecule has 0 aliphatic carbocycles. The summed E-state index contributed by atoms with van der Waals surface area (Å²) in [5, 5.41) is 13.8. The molecule has 4 aromatic rings. The number of benzene rings is 2. The number of amides is 1. The molecule has 0 radical (unpaired) electrons. The highest BCUT2D eigenvalue weighted by atomic mass is 19.4. The quantitative estimate of drug-likeness (QED) is 0.329. The van der Waals surface area contributed by atoms with Gasteiger partial charge in [0.25, 0.3) is 11.8 Å².